The first-order valence-electron chi connectivity index (χ1n) is 10.9. The molecule has 0 saturated carbocycles. The monoisotopic (exact) mass is 486 g/mol. The van der Waals surface area contributed by atoms with Gasteiger partial charge in [-0.25, -0.2) is 8.42 Å². The smallest absolute Gasteiger partial charge is 0.264 e. The van der Waals surface area contributed by atoms with Crippen molar-refractivity contribution in [1.29, 1.82) is 0 Å². The standard InChI is InChI=1S/C27H22N2O5S/c1-33-21-9-7-8-20(17-21)29(35(31,32)22-10-3-2-4-11-22)18-27(30)28-19-14-15-24-23-12-5-6-13-25(23)34-26(24)16-19/h2-17H,18H2,1H3,(H,28,30). The van der Waals surface area contributed by atoms with E-state index in [1.165, 1.54) is 19.2 Å². The van der Waals surface area contributed by atoms with Crippen LogP contribution in [0.4, 0.5) is 11.4 Å². The summed E-state index contributed by atoms with van der Waals surface area (Å²) >= 11 is 0. The van der Waals surface area contributed by atoms with Gasteiger partial charge in [0, 0.05) is 28.6 Å². The SMILES string of the molecule is COc1cccc(N(CC(=O)Nc2ccc3c(c2)oc2ccccc23)S(=O)(=O)c2ccccc2)c1. The molecule has 1 aromatic heterocycles. The number of para-hydroxylation sites is 1. The lowest BCUT2D eigenvalue weighted by atomic mass is 10.1. The number of hydrogen-bond donors (Lipinski definition) is 1. The summed E-state index contributed by atoms with van der Waals surface area (Å²) in [6.45, 7) is -0.428. The van der Waals surface area contributed by atoms with E-state index in [1.54, 1.807) is 54.6 Å². The third kappa shape index (κ3) is 4.43. The van der Waals surface area contributed by atoms with Crippen LogP contribution in [0.2, 0.25) is 0 Å². The highest BCUT2D eigenvalue weighted by Crippen LogP contribution is 2.31. The number of sulfonamides is 1. The van der Waals surface area contributed by atoms with Gasteiger partial charge < -0.3 is 14.5 Å². The predicted molar refractivity (Wildman–Crippen MR) is 136 cm³/mol. The van der Waals surface area contributed by atoms with Crippen LogP contribution in [0.3, 0.4) is 0 Å². The third-order valence-electron chi connectivity index (χ3n) is 5.62. The second-order valence-electron chi connectivity index (χ2n) is 7.88. The maximum atomic E-state index is 13.5. The van der Waals surface area contributed by atoms with E-state index < -0.39 is 22.5 Å². The van der Waals surface area contributed by atoms with Crippen molar-refractivity contribution in [1.82, 2.24) is 0 Å². The molecule has 1 N–H and O–H groups in total. The molecule has 7 nitrogen and oxygen atoms in total. The second kappa shape index (κ2) is 9.15. The molecule has 0 saturated heterocycles. The molecule has 0 radical (unpaired) electrons. The van der Waals surface area contributed by atoms with Crippen LogP contribution in [-0.2, 0) is 14.8 Å². The highest BCUT2D eigenvalue weighted by molar-refractivity contribution is 7.92. The fourth-order valence-electron chi connectivity index (χ4n) is 3.93. The first kappa shape index (κ1) is 22.5. The molecule has 0 unspecified atom stereocenters. The Balaban J connectivity index is 1.46. The molecule has 1 heterocycles. The summed E-state index contributed by atoms with van der Waals surface area (Å²) < 4.78 is 39.2. The van der Waals surface area contributed by atoms with Gasteiger partial charge in [-0.05, 0) is 42.5 Å². The van der Waals surface area contributed by atoms with Gasteiger partial charge >= 0.3 is 0 Å². The Hall–Kier alpha value is -4.30. The summed E-state index contributed by atoms with van der Waals surface area (Å²) in [5.74, 6) is -0.0192. The Labute approximate surface area is 202 Å². The molecular weight excluding hydrogens is 464 g/mol. The summed E-state index contributed by atoms with van der Waals surface area (Å²) in [5, 5.41) is 4.71. The molecule has 0 atom stereocenters. The van der Waals surface area contributed by atoms with Crippen LogP contribution in [0.5, 0.6) is 5.75 Å². The van der Waals surface area contributed by atoms with Gasteiger partial charge in [-0.1, -0.05) is 42.5 Å². The van der Waals surface area contributed by atoms with Crippen LogP contribution < -0.4 is 14.4 Å². The van der Waals surface area contributed by atoms with Crippen LogP contribution in [0.25, 0.3) is 21.9 Å². The summed E-state index contributed by atoms with van der Waals surface area (Å²) in [7, 11) is -2.52. The number of methoxy groups -OCH3 is 1. The average molecular weight is 487 g/mol. The van der Waals surface area contributed by atoms with Gasteiger partial charge in [0.05, 0.1) is 17.7 Å². The van der Waals surface area contributed by atoms with E-state index in [4.69, 9.17) is 9.15 Å². The number of furan rings is 1. The lowest BCUT2D eigenvalue weighted by Crippen LogP contribution is -2.38. The largest absolute Gasteiger partial charge is 0.497 e. The molecule has 0 fully saturated rings. The van der Waals surface area contributed by atoms with Crippen molar-refractivity contribution in [3.8, 4) is 5.75 Å². The number of benzene rings is 4. The summed E-state index contributed by atoms with van der Waals surface area (Å²) in [6, 6.07) is 27.6. The number of fused-ring (bicyclic) bond motifs is 3. The van der Waals surface area contributed by atoms with E-state index >= 15 is 0 Å². The van der Waals surface area contributed by atoms with Crippen molar-refractivity contribution in [3.05, 3.63) is 97.1 Å². The number of hydrogen-bond acceptors (Lipinski definition) is 5. The zero-order chi connectivity index (χ0) is 24.4. The van der Waals surface area contributed by atoms with E-state index in [0.717, 1.165) is 20.7 Å². The fourth-order valence-corrected chi connectivity index (χ4v) is 5.37. The van der Waals surface area contributed by atoms with Crippen LogP contribution in [0.15, 0.2) is 106 Å². The first-order valence-corrected chi connectivity index (χ1v) is 12.3. The maximum Gasteiger partial charge on any atom is 0.264 e. The van der Waals surface area contributed by atoms with Crippen molar-refractivity contribution in [2.75, 3.05) is 23.3 Å². The summed E-state index contributed by atoms with van der Waals surface area (Å²) in [4.78, 5) is 13.1. The number of anilines is 2. The number of ether oxygens (including phenoxy) is 1. The third-order valence-corrected chi connectivity index (χ3v) is 7.41. The van der Waals surface area contributed by atoms with E-state index in [2.05, 4.69) is 5.32 Å². The van der Waals surface area contributed by atoms with Gasteiger partial charge in [0.2, 0.25) is 5.91 Å². The van der Waals surface area contributed by atoms with E-state index in [-0.39, 0.29) is 4.90 Å². The van der Waals surface area contributed by atoms with E-state index in [1.807, 2.05) is 30.3 Å². The second-order valence-corrected chi connectivity index (χ2v) is 9.75. The molecule has 5 aromatic rings. The molecule has 0 spiro atoms. The van der Waals surface area contributed by atoms with Crippen LogP contribution in [-0.4, -0.2) is 28.0 Å². The highest BCUT2D eigenvalue weighted by Gasteiger charge is 2.27. The zero-order valence-corrected chi connectivity index (χ0v) is 19.7. The summed E-state index contributed by atoms with van der Waals surface area (Å²) in [5.41, 5.74) is 2.20. The number of carbonyl (C=O) groups excluding carboxylic acids is 1. The zero-order valence-electron chi connectivity index (χ0n) is 18.8. The van der Waals surface area contributed by atoms with Crippen molar-refractivity contribution in [2.24, 2.45) is 0 Å². The molecule has 8 heteroatoms. The molecule has 0 aliphatic heterocycles. The molecular formula is C27H22N2O5S. The number of rotatable bonds is 7. The molecule has 35 heavy (non-hydrogen) atoms. The predicted octanol–water partition coefficient (Wildman–Crippen LogP) is 5.43. The topological polar surface area (TPSA) is 88.8 Å². The Morgan fingerprint density at radius 3 is 2.40 bits per heavy atom. The van der Waals surface area contributed by atoms with Crippen LogP contribution in [0.1, 0.15) is 0 Å². The quantitative estimate of drug-likeness (QED) is 0.331. The molecule has 1 amide bonds. The van der Waals surface area contributed by atoms with Crippen LogP contribution in [0, 0.1) is 0 Å². The van der Waals surface area contributed by atoms with Gasteiger partial charge in [0.15, 0.2) is 0 Å². The van der Waals surface area contributed by atoms with Gasteiger partial charge in [-0.2, -0.15) is 0 Å². The Morgan fingerprint density at radius 2 is 1.60 bits per heavy atom. The number of amides is 1. The summed E-state index contributed by atoms with van der Waals surface area (Å²) in [6.07, 6.45) is 0. The van der Waals surface area contributed by atoms with Crippen molar-refractivity contribution in [2.45, 2.75) is 4.90 Å². The normalized spacial score (nSPS) is 11.5. The fraction of sp³-hybridized carbons (Fsp3) is 0.0741. The molecule has 0 aliphatic rings. The molecule has 0 aliphatic carbocycles. The lowest BCUT2D eigenvalue weighted by molar-refractivity contribution is -0.114. The van der Waals surface area contributed by atoms with Crippen molar-refractivity contribution >= 4 is 49.2 Å². The van der Waals surface area contributed by atoms with Crippen LogP contribution >= 0.6 is 0 Å². The Bertz CT molecular complexity index is 1630. The number of carbonyl (C=O) groups is 1. The van der Waals surface area contributed by atoms with E-state index in [0.29, 0.717) is 22.7 Å². The highest BCUT2D eigenvalue weighted by atomic mass is 32.2. The number of nitrogens with one attached hydrogen (secondary N) is 1. The Morgan fingerprint density at radius 1 is 0.857 bits per heavy atom. The molecule has 4 aromatic carbocycles. The van der Waals surface area contributed by atoms with Gasteiger partial charge in [-0.15, -0.1) is 0 Å². The van der Waals surface area contributed by atoms with Gasteiger partial charge in [0.1, 0.15) is 23.5 Å². The van der Waals surface area contributed by atoms with E-state index in [9.17, 15) is 13.2 Å². The molecule has 5 rings (SSSR count). The lowest BCUT2D eigenvalue weighted by Gasteiger charge is -2.24. The number of nitrogens with zero attached hydrogens (tertiary/aromatic N) is 1. The Kier molecular flexibility index (Phi) is 5.88. The van der Waals surface area contributed by atoms with Gasteiger partial charge in [-0.3, -0.25) is 9.10 Å². The molecule has 0 bridgehead atoms. The minimum absolute atomic E-state index is 0.0827. The maximum absolute atomic E-state index is 13.5. The molecule has 176 valence electrons. The first-order chi connectivity index (χ1) is 17.0. The van der Waals surface area contributed by atoms with Crippen molar-refractivity contribution in [3.63, 3.8) is 0 Å². The van der Waals surface area contributed by atoms with Gasteiger partial charge in [0.25, 0.3) is 10.0 Å². The van der Waals surface area contributed by atoms with Crippen molar-refractivity contribution < 1.29 is 22.4 Å². The average Bonchev–Trinajstić information content (AvgIpc) is 3.25. The minimum Gasteiger partial charge on any atom is -0.497 e. The minimum atomic E-state index is -4.02.